The minimum Gasteiger partial charge on any atom is -0.497 e. The van der Waals surface area contributed by atoms with Gasteiger partial charge in [-0.05, 0) is 60.7 Å². The van der Waals surface area contributed by atoms with Gasteiger partial charge < -0.3 is 19.9 Å². The average molecular weight is 391 g/mol. The molecule has 0 atom stereocenters. The van der Waals surface area contributed by atoms with E-state index in [1.807, 2.05) is 0 Å². The van der Waals surface area contributed by atoms with Crippen molar-refractivity contribution in [2.45, 2.75) is 0 Å². The van der Waals surface area contributed by atoms with Crippen LogP contribution in [0.15, 0.2) is 72.8 Å². The van der Waals surface area contributed by atoms with Crippen molar-refractivity contribution in [2.75, 3.05) is 7.11 Å². The van der Waals surface area contributed by atoms with E-state index in [2.05, 4.69) is 0 Å². The van der Waals surface area contributed by atoms with Crippen molar-refractivity contribution >= 4 is 17.8 Å². The Morgan fingerprint density at radius 3 is 1.86 bits per heavy atom. The Hall–Kier alpha value is -4.13. The molecule has 2 N–H and O–H groups in total. The molecule has 7 nitrogen and oxygen atoms in total. The largest absolute Gasteiger partial charge is 0.497 e. The lowest BCUT2D eigenvalue weighted by Crippen LogP contribution is -2.12. The van der Waals surface area contributed by atoms with E-state index >= 15 is 0 Å². The predicted octanol–water partition coefficient (Wildman–Crippen LogP) is 3.23. The van der Waals surface area contributed by atoms with Crippen molar-refractivity contribution in [3.63, 3.8) is 0 Å². The van der Waals surface area contributed by atoms with Crippen LogP contribution in [0.25, 0.3) is 0 Å². The Kier molecular flexibility index (Phi) is 5.89. The number of hydrogen-bond donors (Lipinski definition) is 1. The quantitative estimate of drug-likeness (QED) is 0.511. The van der Waals surface area contributed by atoms with Crippen LogP contribution in [0, 0.1) is 0 Å². The lowest BCUT2D eigenvalue weighted by Gasteiger charge is -2.08. The first kappa shape index (κ1) is 19.6. The number of carbonyl (C=O) groups is 3. The predicted molar refractivity (Wildman–Crippen MR) is 104 cm³/mol. The molecular weight excluding hydrogens is 374 g/mol. The zero-order valence-corrected chi connectivity index (χ0v) is 15.5. The summed E-state index contributed by atoms with van der Waals surface area (Å²) in [5.41, 5.74) is 6.02. The molecule has 0 aliphatic heterocycles. The van der Waals surface area contributed by atoms with Gasteiger partial charge in [0.1, 0.15) is 17.2 Å². The summed E-state index contributed by atoms with van der Waals surface area (Å²) in [6.45, 7) is 0. The maximum Gasteiger partial charge on any atom is 0.343 e. The van der Waals surface area contributed by atoms with E-state index in [0.29, 0.717) is 11.3 Å². The summed E-state index contributed by atoms with van der Waals surface area (Å²) in [5.74, 6) is -0.798. The molecule has 0 unspecified atom stereocenters. The molecule has 0 heterocycles. The normalized spacial score (nSPS) is 10.1. The first-order valence-corrected chi connectivity index (χ1v) is 8.54. The first-order chi connectivity index (χ1) is 14.0. The van der Waals surface area contributed by atoms with Gasteiger partial charge in [0.15, 0.2) is 0 Å². The van der Waals surface area contributed by atoms with Crippen LogP contribution in [0.4, 0.5) is 0 Å². The van der Waals surface area contributed by atoms with E-state index in [9.17, 15) is 14.4 Å². The number of esters is 2. The van der Waals surface area contributed by atoms with Gasteiger partial charge in [-0.15, -0.1) is 0 Å². The second-order valence-corrected chi connectivity index (χ2v) is 5.93. The van der Waals surface area contributed by atoms with E-state index < -0.39 is 17.8 Å². The molecule has 0 fully saturated rings. The molecule has 0 saturated heterocycles. The minimum atomic E-state index is -0.628. The molecule has 0 aliphatic rings. The topological polar surface area (TPSA) is 105 Å². The second kappa shape index (κ2) is 8.71. The fourth-order valence-electron chi connectivity index (χ4n) is 2.45. The van der Waals surface area contributed by atoms with Gasteiger partial charge in [-0.3, -0.25) is 4.79 Å². The van der Waals surface area contributed by atoms with Crippen molar-refractivity contribution in [3.05, 3.63) is 89.5 Å². The highest BCUT2D eigenvalue weighted by Gasteiger charge is 2.13. The SMILES string of the molecule is COc1cccc(C(=O)Oc2ccc(C(=O)Oc3cccc(C(N)=O)c3)cc2)c1. The standard InChI is InChI=1S/C22H17NO6/c1-27-18-6-3-5-16(13-18)22(26)28-17-10-8-14(9-11-17)21(25)29-19-7-2-4-15(12-19)20(23)24/h2-13H,1H3,(H2,23,24). The number of amides is 1. The third-order valence-electron chi connectivity index (χ3n) is 3.94. The number of carbonyl (C=O) groups excluding carboxylic acids is 3. The first-order valence-electron chi connectivity index (χ1n) is 8.54. The number of methoxy groups -OCH3 is 1. The number of rotatable bonds is 6. The van der Waals surface area contributed by atoms with Crippen LogP contribution in [0.1, 0.15) is 31.1 Å². The molecule has 0 spiro atoms. The molecule has 0 saturated carbocycles. The number of primary amides is 1. The average Bonchev–Trinajstić information content (AvgIpc) is 2.74. The summed E-state index contributed by atoms with van der Waals surface area (Å²) in [6, 6.07) is 18.5. The number of ether oxygens (including phenoxy) is 3. The zero-order chi connectivity index (χ0) is 20.8. The summed E-state index contributed by atoms with van der Waals surface area (Å²) < 4.78 is 15.6. The van der Waals surface area contributed by atoms with Gasteiger partial charge in [-0.1, -0.05) is 12.1 Å². The zero-order valence-electron chi connectivity index (χ0n) is 15.5. The van der Waals surface area contributed by atoms with Crippen molar-refractivity contribution in [3.8, 4) is 17.2 Å². The van der Waals surface area contributed by atoms with Gasteiger partial charge in [-0.25, -0.2) is 9.59 Å². The second-order valence-electron chi connectivity index (χ2n) is 5.93. The van der Waals surface area contributed by atoms with Gasteiger partial charge in [0.05, 0.1) is 18.2 Å². The monoisotopic (exact) mass is 391 g/mol. The van der Waals surface area contributed by atoms with Crippen molar-refractivity contribution in [1.29, 1.82) is 0 Å². The fourth-order valence-corrected chi connectivity index (χ4v) is 2.45. The lowest BCUT2D eigenvalue weighted by atomic mass is 10.2. The third kappa shape index (κ3) is 4.98. The van der Waals surface area contributed by atoms with Crippen LogP contribution in [0.3, 0.4) is 0 Å². The Labute approximate surface area is 166 Å². The minimum absolute atomic E-state index is 0.194. The molecule has 0 bridgehead atoms. The van der Waals surface area contributed by atoms with Crippen LogP contribution in [-0.4, -0.2) is 25.0 Å². The molecule has 0 aromatic heterocycles. The smallest absolute Gasteiger partial charge is 0.343 e. The summed E-state index contributed by atoms with van der Waals surface area (Å²) in [4.78, 5) is 35.7. The van der Waals surface area contributed by atoms with E-state index in [0.717, 1.165) is 0 Å². The molecule has 3 aromatic carbocycles. The van der Waals surface area contributed by atoms with Crippen LogP contribution >= 0.6 is 0 Å². The fraction of sp³-hybridized carbons (Fsp3) is 0.0455. The van der Waals surface area contributed by atoms with Gasteiger partial charge in [0.2, 0.25) is 5.91 Å². The van der Waals surface area contributed by atoms with E-state index in [1.165, 1.54) is 49.6 Å². The molecule has 0 radical (unpaired) electrons. The maximum absolute atomic E-state index is 12.3. The molecule has 146 valence electrons. The van der Waals surface area contributed by atoms with Crippen LogP contribution in [0.2, 0.25) is 0 Å². The molecular formula is C22H17NO6. The highest BCUT2D eigenvalue weighted by atomic mass is 16.5. The van der Waals surface area contributed by atoms with E-state index in [-0.39, 0.29) is 22.6 Å². The van der Waals surface area contributed by atoms with E-state index in [1.54, 1.807) is 30.3 Å². The van der Waals surface area contributed by atoms with Crippen LogP contribution < -0.4 is 19.9 Å². The number of benzene rings is 3. The lowest BCUT2D eigenvalue weighted by molar-refractivity contribution is 0.0730. The van der Waals surface area contributed by atoms with Gasteiger partial charge in [0, 0.05) is 5.56 Å². The third-order valence-corrected chi connectivity index (χ3v) is 3.94. The van der Waals surface area contributed by atoms with Crippen LogP contribution in [-0.2, 0) is 0 Å². The molecule has 29 heavy (non-hydrogen) atoms. The highest BCUT2D eigenvalue weighted by molar-refractivity contribution is 5.94. The molecule has 0 aliphatic carbocycles. The van der Waals surface area contributed by atoms with Crippen LogP contribution in [0.5, 0.6) is 17.2 Å². The Morgan fingerprint density at radius 1 is 0.655 bits per heavy atom. The van der Waals surface area contributed by atoms with Gasteiger partial charge >= 0.3 is 11.9 Å². The summed E-state index contributed by atoms with van der Waals surface area (Å²) in [5, 5.41) is 0. The molecule has 3 rings (SSSR count). The molecule has 3 aromatic rings. The number of nitrogens with two attached hydrogens (primary N) is 1. The summed E-state index contributed by atoms with van der Waals surface area (Å²) >= 11 is 0. The van der Waals surface area contributed by atoms with Crippen molar-refractivity contribution < 1.29 is 28.6 Å². The number of hydrogen-bond acceptors (Lipinski definition) is 6. The molecule has 1 amide bonds. The summed E-state index contributed by atoms with van der Waals surface area (Å²) in [7, 11) is 1.51. The maximum atomic E-state index is 12.3. The van der Waals surface area contributed by atoms with Gasteiger partial charge in [-0.2, -0.15) is 0 Å². The van der Waals surface area contributed by atoms with Crippen molar-refractivity contribution in [2.24, 2.45) is 5.73 Å². The van der Waals surface area contributed by atoms with E-state index in [4.69, 9.17) is 19.9 Å². The Balaban J connectivity index is 1.66. The Morgan fingerprint density at radius 2 is 1.21 bits per heavy atom. The van der Waals surface area contributed by atoms with Crippen molar-refractivity contribution in [1.82, 2.24) is 0 Å². The Bertz CT molecular complexity index is 1060. The van der Waals surface area contributed by atoms with Gasteiger partial charge in [0.25, 0.3) is 0 Å². The highest BCUT2D eigenvalue weighted by Crippen LogP contribution is 2.19. The molecule has 7 heteroatoms. The summed E-state index contributed by atoms with van der Waals surface area (Å²) in [6.07, 6.45) is 0.